The van der Waals surface area contributed by atoms with Crippen molar-refractivity contribution in [1.82, 2.24) is 26.6 Å². The number of rotatable bonds is 32. The van der Waals surface area contributed by atoms with Crippen molar-refractivity contribution in [3.63, 3.8) is 0 Å². The summed E-state index contributed by atoms with van der Waals surface area (Å²) in [6, 6.07) is 0. The Morgan fingerprint density at radius 3 is 0.953 bits per heavy atom. The number of hydrogen-bond donors (Lipinski definition) is 5. The van der Waals surface area contributed by atoms with Crippen molar-refractivity contribution in [1.29, 1.82) is 0 Å². The number of carbonyl (C=O) groups is 4. The minimum Gasteiger partial charge on any atom is -0.378 e. The number of amides is 4. The normalized spacial score (nSPS) is 10.8. The van der Waals surface area contributed by atoms with Gasteiger partial charge in [0, 0.05) is 33.2 Å². The van der Waals surface area contributed by atoms with Crippen LogP contribution < -0.4 is 26.6 Å². The molecule has 0 rings (SSSR count). The molecule has 0 unspecified atom stereocenters. The quantitative estimate of drug-likeness (QED) is 0.0460. The second-order valence-corrected chi connectivity index (χ2v) is 8.49. The van der Waals surface area contributed by atoms with Crippen molar-refractivity contribution in [2.75, 3.05) is 146 Å². The molecule has 0 aliphatic rings. The third kappa shape index (κ3) is 32.3. The van der Waals surface area contributed by atoms with Gasteiger partial charge in [0.1, 0.15) is 26.4 Å². The summed E-state index contributed by atoms with van der Waals surface area (Å²) in [6.07, 6.45) is 0. The zero-order chi connectivity index (χ0) is 31.6. The van der Waals surface area contributed by atoms with E-state index < -0.39 is 0 Å². The standard InChI is InChI=1S/C26H51N5O12/c1-27-3-7-36-11-16-41-20-24(33)30-5-9-38-13-18-43-22-26(35)31-6-10-39-14-17-42-21-25(34)29-4-8-37-12-15-40-19-23(32)28-2/h27H,3-22H2,1-2H3,(H,28,32)(H,29,34)(H,30,33)(H,31,35). The average molecular weight is 626 g/mol. The smallest absolute Gasteiger partial charge is 0.246 e. The first-order valence-electron chi connectivity index (χ1n) is 14.3. The van der Waals surface area contributed by atoms with E-state index in [0.717, 1.165) is 6.54 Å². The van der Waals surface area contributed by atoms with Crippen LogP contribution in [-0.4, -0.2) is 170 Å². The molecule has 0 saturated carbocycles. The fourth-order valence-electron chi connectivity index (χ4n) is 2.73. The van der Waals surface area contributed by atoms with Gasteiger partial charge in [0.25, 0.3) is 0 Å². The minimum atomic E-state index is -0.281. The van der Waals surface area contributed by atoms with Crippen LogP contribution >= 0.6 is 0 Å². The van der Waals surface area contributed by atoms with E-state index in [1.54, 1.807) is 0 Å². The summed E-state index contributed by atoms with van der Waals surface area (Å²) in [5, 5.41) is 13.4. The summed E-state index contributed by atoms with van der Waals surface area (Å²) in [5.41, 5.74) is 0. The molecular formula is C26H51N5O12. The van der Waals surface area contributed by atoms with Crippen LogP contribution in [0.2, 0.25) is 0 Å². The lowest BCUT2D eigenvalue weighted by molar-refractivity contribution is -0.128. The van der Waals surface area contributed by atoms with Crippen molar-refractivity contribution in [3.05, 3.63) is 0 Å². The Morgan fingerprint density at radius 2 is 0.651 bits per heavy atom. The number of carbonyl (C=O) groups excluding carboxylic acids is 4. The maximum atomic E-state index is 11.7. The van der Waals surface area contributed by atoms with Crippen molar-refractivity contribution in [2.45, 2.75) is 0 Å². The van der Waals surface area contributed by atoms with Crippen molar-refractivity contribution in [2.24, 2.45) is 0 Å². The molecule has 0 bridgehead atoms. The van der Waals surface area contributed by atoms with Crippen LogP contribution in [0.15, 0.2) is 0 Å². The van der Waals surface area contributed by atoms with Crippen LogP contribution in [0.1, 0.15) is 0 Å². The highest BCUT2D eigenvalue weighted by molar-refractivity contribution is 5.78. The average Bonchev–Trinajstić information content (AvgIpc) is 3.00. The highest BCUT2D eigenvalue weighted by Gasteiger charge is 2.04. The van der Waals surface area contributed by atoms with Gasteiger partial charge in [0.2, 0.25) is 23.6 Å². The van der Waals surface area contributed by atoms with E-state index in [4.69, 9.17) is 37.9 Å². The first kappa shape index (κ1) is 40.5. The molecule has 17 nitrogen and oxygen atoms in total. The lowest BCUT2D eigenvalue weighted by atomic mass is 10.5. The highest BCUT2D eigenvalue weighted by Crippen LogP contribution is 1.84. The Morgan fingerprint density at radius 1 is 0.372 bits per heavy atom. The van der Waals surface area contributed by atoms with Gasteiger partial charge in [-0.15, -0.1) is 0 Å². The molecule has 0 spiro atoms. The Balaban J connectivity index is 3.33. The summed E-state index contributed by atoms with van der Waals surface area (Å²) >= 11 is 0. The fourth-order valence-corrected chi connectivity index (χ4v) is 2.73. The molecule has 0 saturated heterocycles. The monoisotopic (exact) mass is 625 g/mol. The van der Waals surface area contributed by atoms with Crippen LogP contribution in [0.5, 0.6) is 0 Å². The van der Waals surface area contributed by atoms with Crippen molar-refractivity contribution in [3.8, 4) is 0 Å². The van der Waals surface area contributed by atoms with Gasteiger partial charge in [-0.1, -0.05) is 0 Å². The molecule has 0 fully saturated rings. The zero-order valence-corrected chi connectivity index (χ0v) is 25.5. The molecule has 17 heteroatoms. The largest absolute Gasteiger partial charge is 0.378 e. The van der Waals surface area contributed by atoms with Crippen LogP contribution in [0.4, 0.5) is 0 Å². The van der Waals surface area contributed by atoms with Gasteiger partial charge in [0.15, 0.2) is 0 Å². The predicted octanol–water partition coefficient (Wildman–Crippen LogP) is -3.57. The Labute approximate surface area is 253 Å². The van der Waals surface area contributed by atoms with Crippen LogP contribution in [0.25, 0.3) is 0 Å². The van der Waals surface area contributed by atoms with E-state index in [1.165, 1.54) is 7.05 Å². The Hall–Kier alpha value is -2.48. The van der Waals surface area contributed by atoms with Crippen molar-refractivity contribution < 1.29 is 57.1 Å². The number of nitrogens with one attached hydrogen (secondary N) is 5. The SMILES string of the molecule is CNCCOCCOCC(=O)NCCOCCOCC(=O)NCCOCCOCC(=O)NCCOCCOCC(=O)NC. The fraction of sp³-hybridized carbons (Fsp3) is 0.846. The molecule has 0 aliphatic carbocycles. The molecule has 4 amide bonds. The third-order valence-corrected chi connectivity index (χ3v) is 4.90. The first-order chi connectivity index (χ1) is 21.0. The number of hydrogen-bond acceptors (Lipinski definition) is 13. The minimum absolute atomic E-state index is 0.0168. The molecule has 0 radical (unpaired) electrons. The molecule has 0 atom stereocenters. The van der Waals surface area contributed by atoms with E-state index in [2.05, 4.69) is 26.6 Å². The summed E-state index contributed by atoms with van der Waals surface area (Å²) in [7, 11) is 3.37. The van der Waals surface area contributed by atoms with E-state index in [1.807, 2.05) is 7.05 Å². The van der Waals surface area contributed by atoms with E-state index in [9.17, 15) is 19.2 Å². The second-order valence-electron chi connectivity index (χ2n) is 8.49. The molecule has 0 aliphatic heterocycles. The van der Waals surface area contributed by atoms with Gasteiger partial charge in [-0.25, -0.2) is 0 Å². The van der Waals surface area contributed by atoms with Gasteiger partial charge in [-0.2, -0.15) is 0 Å². The molecule has 252 valence electrons. The van der Waals surface area contributed by atoms with Gasteiger partial charge in [0.05, 0.1) is 79.3 Å². The molecular weight excluding hydrogens is 574 g/mol. The molecule has 43 heavy (non-hydrogen) atoms. The van der Waals surface area contributed by atoms with Gasteiger partial charge in [-0.3, -0.25) is 19.2 Å². The van der Waals surface area contributed by atoms with Crippen molar-refractivity contribution >= 4 is 23.6 Å². The van der Waals surface area contributed by atoms with Gasteiger partial charge in [-0.05, 0) is 7.05 Å². The predicted molar refractivity (Wildman–Crippen MR) is 154 cm³/mol. The maximum Gasteiger partial charge on any atom is 0.246 e. The summed E-state index contributed by atoms with van der Waals surface area (Å²) in [6.45, 7) is 5.41. The number of ether oxygens (including phenoxy) is 8. The molecule has 0 aromatic carbocycles. The second kappa shape index (κ2) is 32.4. The van der Waals surface area contributed by atoms with Gasteiger partial charge >= 0.3 is 0 Å². The molecule has 0 aromatic heterocycles. The zero-order valence-electron chi connectivity index (χ0n) is 25.5. The Kier molecular flexibility index (Phi) is 30.6. The third-order valence-electron chi connectivity index (χ3n) is 4.90. The lowest BCUT2D eigenvalue weighted by Gasteiger charge is -2.09. The summed E-state index contributed by atoms with van der Waals surface area (Å²) in [5.74, 6) is -0.994. The van der Waals surface area contributed by atoms with E-state index >= 15 is 0 Å². The molecule has 0 heterocycles. The summed E-state index contributed by atoms with van der Waals surface area (Å²) in [4.78, 5) is 46.0. The van der Waals surface area contributed by atoms with Crippen LogP contribution in [0.3, 0.4) is 0 Å². The first-order valence-corrected chi connectivity index (χ1v) is 14.3. The van der Waals surface area contributed by atoms with Crippen LogP contribution in [-0.2, 0) is 57.1 Å². The molecule has 5 N–H and O–H groups in total. The van der Waals surface area contributed by atoms with E-state index in [-0.39, 0.29) is 89.7 Å². The topological polar surface area (TPSA) is 202 Å². The van der Waals surface area contributed by atoms with E-state index in [0.29, 0.717) is 59.3 Å². The Bertz CT molecular complexity index is 705. The van der Waals surface area contributed by atoms with Gasteiger partial charge < -0.3 is 64.5 Å². The molecule has 0 aromatic rings. The summed E-state index contributed by atoms with van der Waals surface area (Å²) < 4.78 is 42.0. The number of likely N-dealkylation sites (N-methyl/N-ethyl adjacent to an activating group) is 2. The lowest BCUT2D eigenvalue weighted by Crippen LogP contribution is -2.32. The highest BCUT2D eigenvalue weighted by atomic mass is 16.5. The van der Waals surface area contributed by atoms with Crippen LogP contribution in [0, 0.1) is 0 Å². The maximum absolute atomic E-state index is 11.7.